The van der Waals surface area contributed by atoms with Gasteiger partial charge >= 0.3 is 5.97 Å². The summed E-state index contributed by atoms with van der Waals surface area (Å²) in [7, 11) is 0. The Labute approximate surface area is 111 Å². The number of hydrogen-bond acceptors (Lipinski definition) is 5. The van der Waals surface area contributed by atoms with Gasteiger partial charge in [0, 0.05) is 6.04 Å². The van der Waals surface area contributed by atoms with Gasteiger partial charge in [-0.25, -0.2) is 0 Å². The molecule has 6 heteroatoms. The van der Waals surface area contributed by atoms with Gasteiger partial charge in [-0.2, -0.15) is 0 Å². The van der Waals surface area contributed by atoms with Crippen molar-refractivity contribution in [2.45, 2.75) is 19.1 Å². The lowest BCUT2D eigenvalue weighted by atomic mass is 10.0. The van der Waals surface area contributed by atoms with Gasteiger partial charge in [-0.3, -0.25) is 4.79 Å². The van der Waals surface area contributed by atoms with Crippen LogP contribution in [0.2, 0.25) is 0 Å². The summed E-state index contributed by atoms with van der Waals surface area (Å²) in [6, 6.07) is 4.84. The van der Waals surface area contributed by atoms with Crippen LogP contribution < -0.4 is 14.8 Å². The summed E-state index contributed by atoms with van der Waals surface area (Å²) in [6.07, 6.45) is -0.810. The zero-order valence-electron chi connectivity index (χ0n) is 10.6. The normalized spacial score (nSPS) is 16.7. The van der Waals surface area contributed by atoms with Crippen LogP contribution in [0.5, 0.6) is 11.5 Å². The Bertz CT molecular complexity index is 462. The minimum atomic E-state index is -0.957. The smallest absolute Gasteiger partial charge is 0.317 e. The number of carboxylic acid groups (broad SMARTS) is 1. The number of aliphatic hydroxyl groups excluding tert-OH is 1. The summed E-state index contributed by atoms with van der Waals surface area (Å²) in [6.45, 7) is 2.54. The first-order valence-electron chi connectivity index (χ1n) is 6.10. The number of benzene rings is 1. The van der Waals surface area contributed by atoms with Crippen LogP contribution in [0, 0.1) is 0 Å². The molecule has 0 bridgehead atoms. The van der Waals surface area contributed by atoms with E-state index >= 15 is 0 Å². The number of rotatable bonds is 5. The zero-order valence-corrected chi connectivity index (χ0v) is 10.6. The third-order valence-electron chi connectivity index (χ3n) is 2.96. The van der Waals surface area contributed by atoms with E-state index in [9.17, 15) is 9.90 Å². The Kier molecular flexibility index (Phi) is 4.24. The highest BCUT2D eigenvalue weighted by Crippen LogP contribution is 2.33. The van der Waals surface area contributed by atoms with Gasteiger partial charge in [-0.1, -0.05) is 6.07 Å². The fraction of sp³-hybridized carbons (Fsp3) is 0.462. The van der Waals surface area contributed by atoms with Crippen molar-refractivity contribution >= 4 is 5.97 Å². The van der Waals surface area contributed by atoms with Gasteiger partial charge < -0.3 is 25.0 Å². The second-order valence-electron chi connectivity index (χ2n) is 4.41. The molecule has 1 aliphatic heterocycles. The molecule has 0 saturated heterocycles. The molecule has 1 aromatic carbocycles. The number of hydrogen-bond donors (Lipinski definition) is 3. The van der Waals surface area contributed by atoms with Gasteiger partial charge in [0.25, 0.3) is 0 Å². The quantitative estimate of drug-likeness (QED) is 0.722. The maximum Gasteiger partial charge on any atom is 0.317 e. The topological polar surface area (TPSA) is 88.0 Å². The molecule has 2 unspecified atom stereocenters. The largest absolute Gasteiger partial charge is 0.486 e. The Morgan fingerprint density at radius 2 is 2.05 bits per heavy atom. The summed E-state index contributed by atoms with van der Waals surface area (Å²) in [5, 5.41) is 21.5. The van der Waals surface area contributed by atoms with Crippen molar-refractivity contribution in [1.82, 2.24) is 5.32 Å². The van der Waals surface area contributed by atoms with Crippen molar-refractivity contribution < 1.29 is 24.5 Å². The molecule has 0 saturated carbocycles. The van der Waals surface area contributed by atoms with Crippen LogP contribution in [-0.4, -0.2) is 42.0 Å². The molecule has 0 aliphatic carbocycles. The van der Waals surface area contributed by atoms with Crippen molar-refractivity contribution in [3.05, 3.63) is 23.8 Å². The predicted molar refractivity (Wildman–Crippen MR) is 67.5 cm³/mol. The van der Waals surface area contributed by atoms with Gasteiger partial charge in [0.1, 0.15) is 13.2 Å². The third kappa shape index (κ3) is 3.36. The fourth-order valence-corrected chi connectivity index (χ4v) is 1.89. The maximum absolute atomic E-state index is 10.5. The van der Waals surface area contributed by atoms with Gasteiger partial charge in [0.2, 0.25) is 0 Å². The molecule has 1 aromatic rings. The first-order valence-corrected chi connectivity index (χ1v) is 6.10. The van der Waals surface area contributed by atoms with Crippen LogP contribution in [0.1, 0.15) is 18.6 Å². The molecule has 19 heavy (non-hydrogen) atoms. The molecule has 0 spiro atoms. The molecule has 0 amide bonds. The number of aliphatic carboxylic acids is 1. The van der Waals surface area contributed by atoms with Gasteiger partial charge in [-0.05, 0) is 24.6 Å². The van der Waals surface area contributed by atoms with Crippen LogP contribution in [0.3, 0.4) is 0 Å². The van der Waals surface area contributed by atoms with Crippen LogP contribution in [-0.2, 0) is 4.79 Å². The first-order chi connectivity index (χ1) is 9.08. The molecule has 3 N–H and O–H groups in total. The second-order valence-corrected chi connectivity index (χ2v) is 4.41. The molecule has 0 aromatic heterocycles. The number of nitrogens with one attached hydrogen (secondary N) is 1. The first kappa shape index (κ1) is 13.6. The number of carboxylic acids is 1. The minimum Gasteiger partial charge on any atom is -0.486 e. The molecule has 0 fully saturated rings. The van der Waals surface area contributed by atoms with E-state index in [1.165, 1.54) is 0 Å². The summed E-state index contributed by atoms with van der Waals surface area (Å²) >= 11 is 0. The molecule has 104 valence electrons. The lowest BCUT2D eigenvalue weighted by molar-refractivity contribution is -0.136. The van der Waals surface area contributed by atoms with Gasteiger partial charge in [0.05, 0.1) is 12.6 Å². The summed E-state index contributed by atoms with van der Waals surface area (Å²) in [5.74, 6) is 0.308. The Morgan fingerprint density at radius 3 is 2.74 bits per heavy atom. The molecule has 0 radical (unpaired) electrons. The van der Waals surface area contributed by atoms with Crippen molar-refractivity contribution in [1.29, 1.82) is 0 Å². The summed E-state index contributed by atoms with van der Waals surface area (Å²) < 4.78 is 10.8. The van der Waals surface area contributed by atoms with Crippen molar-refractivity contribution in [3.63, 3.8) is 0 Å². The van der Waals surface area contributed by atoms with E-state index in [-0.39, 0.29) is 12.6 Å². The second kappa shape index (κ2) is 5.90. The van der Waals surface area contributed by atoms with Crippen LogP contribution in [0.25, 0.3) is 0 Å². The zero-order chi connectivity index (χ0) is 13.8. The van der Waals surface area contributed by atoms with E-state index in [0.29, 0.717) is 30.3 Å². The summed E-state index contributed by atoms with van der Waals surface area (Å²) in [4.78, 5) is 10.5. The average Bonchev–Trinajstić information content (AvgIpc) is 2.43. The van der Waals surface area contributed by atoms with Crippen molar-refractivity contribution in [2.24, 2.45) is 0 Å². The van der Waals surface area contributed by atoms with Crippen LogP contribution in [0.15, 0.2) is 18.2 Å². The fourth-order valence-electron chi connectivity index (χ4n) is 1.89. The van der Waals surface area contributed by atoms with Crippen molar-refractivity contribution in [2.75, 3.05) is 19.8 Å². The molecule has 1 heterocycles. The predicted octanol–water partition coefficient (Wildman–Crippen LogP) is 0.554. The van der Waals surface area contributed by atoms with E-state index in [1.807, 2.05) is 0 Å². The molecule has 6 nitrogen and oxygen atoms in total. The number of fused-ring (bicyclic) bond motifs is 1. The summed E-state index contributed by atoms with van der Waals surface area (Å²) in [5.41, 5.74) is 0.662. The maximum atomic E-state index is 10.5. The van der Waals surface area contributed by atoms with E-state index in [4.69, 9.17) is 14.6 Å². The molecular formula is C13H17NO5. The number of aliphatic hydroxyl groups is 1. The standard InChI is InChI=1S/C13H17NO5/c1-8(14-7-12(15)16)13(17)9-2-3-10-11(6-9)19-5-4-18-10/h2-3,6,8,13-14,17H,4-5,7H2,1H3,(H,15,16). The Morgan fingerprint density at radius 1 is 1.37 bits per heavy atom. The Hall–Kier alpha value is -1.79. The van der Waals surface area contributed by atoms with Gasteiger partial charge in [-0.15, -0.1) is 0 Å². The average molecular weight is 267 g/mol. The molecule has 2 atom stereocenters. The van der Waals surface area contributed by atoms with E-state index < -0.39 is 12.1 Å². The number of carbonyl (C=O) groups is 1. The van der Waals surface area contributed by atoms with Crippen LogP contribution >= 0.6 is 0 Å². The molecule has 1 aliphatic rings. The van der Waals surface area contributed by atoms with E-state index in [1.54, 1.807) is 25.1 Å². The molecular weight excluding hydrogens is 250 g/mol. The lowest BCUT2D eigenvalue weighted by Gasteiger charge is -2.23. The van der Waals surface area contributed by atoms with E-state index in [0.717, 1.165) is 0 Å². The van der Waals surface area contributed by atoms with Gasteiger partial charge in [0.15, 0.2) is 11.5 Å². The van der Waals surface area contributed by atoms with Crippen LogP contribution in [0.4, 0.5) is 0 Å². The highest BCUT2D eigenvalue weighted by molar-refractivity contribution is 5.69. The SMILES string of the molecule is CC(NCC(=O)O)C(O)c1ccc2c(c1)OCCO2. The lowest BCUT2D eigenvalue weighted by Crippen LogP contribution is -2.35. The molecule has 2 rings (SSSR count). The number of ether oxygens (including phenoxy) is 2. The van der Waals surface area contributed by atoms with Crippen molar-refractivity contribution in [3.8, 4) is 11.5 Å². The van der Waals surface area contributed by atoms with E-state index in [2.05, 4.69) is 5.32 Å². The monoisotopic (exact) mass is 267 g/mol. The highest BCUT2D eigenvalue weighted by Gasteiger charge is 2.20. The minimum absolute atomic E-state index is 0.192. The highest BCUT2D eigenvalue weighted by atomic mass is 16.6. The Balaban J connectivity index is 2.06. The third-order valence-corrected chi connectivity index (χ3v) is 2.96.